The van der Waals surface area contributed by atoms with Crippen LogP contribution < -0.4 is 10.9 Å². The molecular formula is C13H9N3O3S. The molecule has 0 fully saturated rings. The molecule has 1 aromatic carbocycles. The van der Waals surface area contributed by atoms with E-state index in [1.165, 1.54) is 11.3 Å². The van der Waals surface area contributed by atoms with Crippen LogP contribution in [-0.2, 0) is 0 Å². The van der Waals surface area contributed by atoms with Crippen LogP contribution in [0.1, 0.15) is 10.4 Å². The first kappa shape index (κ1) is 12.5. The van der Waals surface area contributed by atoms with E-state index in [9.17, 15) is 9.59 Å². The van der Waals surface area contributed by atoms with Crippen molar-refractivity contribution in [3.05, 3.63) is 51.8 Å². The normalized spacial score (nSPS) is 10.6. The van der Waals surface area contributed by atoms with E-state index in [0.717, 1.165) is 0 Å². The van der Waals surface area contributed by atoms with E-state index in [1.54, 1.807) is 29.8 Å². The number of hydrogen-bond donors (Lipinski definition) is 1. The van der Waals surface area contributed by atoms with Gasteiger partial charge in [0.2, 0.25) is 5.13 Å². The molecule has 0 spiro atoms. The molecule has 3 aromatic rings. The van der Waals surface area contributed by atoms with Crippen molar-refractivity contribution in [1.29, 1.82) is 0 Å². The molecule has 0 aliphatic carbocycles. The van der Waals surface area contributed by atoms with Gasteiger partial charge >= 0.3 is 5.63 Å². The highest BCUT2D eigenvalue weighted by Crippen LogP contribution is 2.13. The summed E-state index contributed by atoms with van der Waals surface area (Å²) in [5, 5.41) is 11.5. The summed E-state index contributed by atoms with van der Waals surface area (Å²) < 4.78 is 5.12. The van der Waals surface area contributed by atoms with Gasteiger partial charge in [-0.15, -0.1) is 10.2 Å². The summed E-state index contributed by atoms with van der Waals surface area (Å²) >= 11 is 1.28. The fraction of sp³-hybridized carbons (Fsp3) is 0.0769. The van der Waals surface area contributed by atoms with Crippen molar-refractivity contribution in [1.82, 2.24) is 10.2 Å². The highest BCUT2D eigenvalue weighted by atomic mass is 32.1. The van der Waals surface area contributed by atoms with Gasteiger partial charge in [0.15, 0.2) is 5.78 Å². The second kappa shape index (κ2) is 5.22. The van der Waals surface area contributed by atoms with Crippen LogP contribution in [0.5, 0.6) is 0 Å². The summed E-state index contributed by atoms with van der Waals surface area (Å²) in [6.07, 6.45) is 0. The molecule has 7 heteroatoms. The Labute approximate surface area is 117 Å². The lowest BCUT2D eigenvalue weighted by Crippen LogP contribution is -2.21. The van der Waals surface area contributed by atoms with Crippen LogP contribution in [0, 0.1) is 0 Å². The fourth-order valence-corrected chi connectivity index (χ4v) is 2.20. The number of aromatic nitrogens is 2. The van der Waals surface area contributed by atoms with Gasteiger partial charge in [0.1, 0.15) is 16.7 Å². The van der Waals surface area contributed by atoms with Gasteiger partial charge in [0, 0.05) is 5.39 Å². The number of carbonyl (C=O) groups is 1. The number of hydrogen-bond acceptors (Lipinski definition) is 7. The van der Waals surface area contributed by atoms with Gasteiger partial charge in [-0.05, 0) is 12.1 Å². The van der Waals surface area contributed by atoms with Crippen LogP contribution in [-0.4, -0.2) is 22.5 Å². The quantitative estimate of drug-likeness (QED) is 0.583. The van der Waals surface area contributed by atoms with Crippen molar-refractivity contribution in [2.24, 2.45) is 0 Å². The minimum Gasteiger partial charge on any atom is -0.422 e. The van der Waals surface area contributed by atoms with Gasteiger partial charge in [-0.25, -0.2) is 4.79 Å². The summed E-state index contributed by atoms with van der Waals surface area (Å²) in [6, 6.07) is 8.60. The topological polar surface area (TPSA) is 85.1 Å². The van der Waals surface area contributed by atoms with Crippen molar-refractivity contribution in [2.45, 2.75) is 0 Å². The maximum absolute atomic E-state index is 12.0. The Morgan fingerprint density at radius 3 is 3.00 bits per heavy atom. The average Bonchev–Trinajstić information content (AvgIpc) is 2.97. The number of nitrogens with one attached hydrogen (secondary N) is 1. The van der Waals surface area contributed by atoms with Crippen molar-refractivity contribution in [3.8, 4) is 0 Å². The number of anilines is 1. The Balaban J connectivity index is 1.87. The van der Waals surface area contributed by atoms with E-state index < -0.39 is 5.63 Å². The van der Waals surface area contributed by atoms with Crippen LogP contribution in [0.2, 0.25) is 0 Å². The van der Waals surface area contributed by atoms with Gasteiger partial charge in [-0.2, -0.15) is 0 Å². The number of nitrogens with zero attached hydrogens (tertiary/aromatic N) is 2. The number of rotatable bonds is 4. The Hall–Kier alpha value is -2.54. The third kappa shape index (κ3) is 2.43. The van der Waals surface area contributed by atoms with Crippen molar-refractivity contribution < 1.29 is 9.21 Å². The molecular weight excluding hydrogens is 278 g/mol. The Morgan fingerprint density at radius 1 is 1.35 bits per heavy atom. The van der Waals surface area contributed by atoms with Gasteiger partial charge < -0.3 is 9.73 Å². The molecule has 100 valence electrons. The van der Waals surface area contributed by atoms with Crippen LogP contribution in [0.25, 0.3) is 11.0 Å². The number of para-hydroxylation sites is 1. The van der Waals surface area contributed by atoms with E-state index >= 15 is 0 Å². The first-order valence-corrected chi connectivity index (χ1v) is 6.68. The zero-order valence-corrected chi connectivity index (χ0v) is 11.0. The zero-order chi connectivity index (χ0) is 13.9. The second-order valence-electron chi connectivity index (χ2n) is 4.01. The van der Waals surface area contributed by atoms with Crippen LogP contribution in [0.3, 0.4) is 0 Å². The predicted octanol–water partition coefficient (Wildman–Crippen LogP) is 1.94. The zero-order valence-electron chi connectivity index (χ0n) is 10.2. The lowest BCUT2D eigenvalue weighted by molar-refractivity contribution is 0.100. The minimum atomic E-state index is -0.632. The molecule has 0 saturated heterocycles. The molecule has 0 saturated carbocycles. The van der Waals surface area contributed by atoms with E-state index in [0.29, 0.717) is 16.1 Å². The largest absolute Gasteiger partial charge is 0.422 e. The number of carbonyl (C=O) groups excluding carboxylic acids is 1. The SMILES string of the molecule is O=C(CNc1nncs1)c1cc2ccccc2oc1=O. The highest BCUT2D eigenvalue weighted by molar-refractivity contribution is 7.13. The molecule has 0 bridgehead atoms. The van der Waals surface area contributed by atoms with Crippen molar-refractivity contribution in [2.75, 3.05) is 11.9 Å². The second-order valence-corrected chi connectivity index (χ2v) is 4.84. The van der Waals surface area contributed by atoms with Crippen LogP contribution in [0.15, 0.2) is 45.1 Å². The van der Waals surface area contributed by atoms with Gasteiger partial charge in [-0.3, -0.25) is 4.79 Å². The van der Waals surface area contributed by atoms with Gasteiger partial charge in [-0.1, -0.05) is 29.5 Å². The molecule has 6 nitrogen and oxygen atoms in total. The van der Waals surface area contributed by atoms with Gasteiger partial charge in [0.25, 0.3) is 0 Å². The molecule has 0 atom stereocenters. The number of fused-ring (bicyclic) bond motifs is 1. The summed E-state index contributed by atoms with van der Waals surface area (Å²) in [6.45, 7) is -0.0295. The lowest BCUT2D eigenvalue weighted by Gasteiger charge is -2.02. The molecule has 0 amide bonds. The molecule has 2 aromatic heterocycles. The molecule has 1 N–H and O–H groups in total. The highest BCUT2D eigenvalue weighted by Gasteiger charge is 2.13. The third-order valence-corrected chi connectivity index (χ3v) is 3.35. The fourth-order valence-electron chi connectivity index (χ4n) is 1.76. The van der Waals surface area contributed by atoms with E-state index in [4.69, 9.17) is 4.42 Å². The third-order valence-electron chi connectivity index (χ3n) is 2.70. The smallest absolute Gasteiger partial charge is 0.347 e. The average molecular weight is 287 g/mol. The summed E-state index contributed by atoms with van der Waals surface area (Å²) in [4.78, 5) is 23.8. The molecule has 20 heavy (non-hydrogen) atoms. The molecule has 0 aliphatic heterocycles. The summed E-state index contributed by atoms with van der Waals surface area (Å²) in [7, 11) is 0. The minimum absolute atomic E-state index is 0.0284. The van der Waals surface area contributed by atoms with Crippen LogP contribution in [0.4, 0.5) is 5.13 Å². The standard InChI is InChI=1S/C13H9N3O3S/c17-10(6-14-13-16-15-7-20-13)9-5-8-3-1-2-4-11(8)19-12(9)18/h1-5,7H,6H2,(H,14,16). The van der Waals surface area contributed by atoms with Crippen molar-refractivity contribution >= 4 is 33.2 Å². The van der Waals surface area contributed by atoms with Crippen molar-refractivity contribution in [3.63, 3.8) is 0 Å². The van der Waals surface area contributed by atoms with Crippen LogP contribution >= 0.6 is 11.3 Å². The Bertz CT molecular complexity index is 811. The predicted molar refractivity (Wildman–Crippen MR) is 75.2 cm³/mol. The van der Waals surface area contributed by atoms with E-state index in [2.05, 4.69) is 15.5 Å². The molecule has 3 rings (SSSR count). The summed E-state index contributed by atoms with van der Waals surface area (Å²) in [5.74, 6) is -0.347. The summed E-state index contributed by atoms with van der Waals surface area (Å²) in [5.41, 5.74) is 1.41. The number of ketones is 1. The Morgan fingerprint density at radius 2 is 2.20 bits per heavy atom. The maximum atomic E-state index is 12.0. The molecule has 2 heterocycles. The van der Waals surface area contributed by atoms with Gasteiger partial charge in [0.05, 0.1) is 6.54 Å². The lowest BCUT2D eigenvalue weighted by atomic mass is 10.1. The first-order valence-electron chi connectivity index (χ1n) is 5.80. The number of Topliss-reactive ketones (excluding diaryl/α,β-unsaturated/α-hetero) is 1. The van der Waals surface area contributed by atoms with E-state index in [1.807, 2.05) is 6.07 Å². The molecule has 0 radical (unpaired) electrons. The molecule has 0 aliphatic rings. The maximum Gasteiger partial charge on any atom is 0.347 e. The van der Waals surface area contributed by atoms with E-state index in [-0.39, 0.29) is 17.9 Å². The molecule has 0 unspecified atom stereocenters. The number of benzene rings is 1. The first-order chi connectivity index (χ1) is 9.74. The monoisotopic (exact) mass is 287 g/mol. The Kier molecular flexibility index (Phi) is 3.26.